The number of hydrogen-bond donors (Lipinski definition) is 0. The second kappa shape index (κ2) is 2.12. The minimum atomic E-state index is 0.802. The molecule has 11 heavy (non-hydrogen) atoms. The first kappa shape index (κ1) is 7.39. The van der Waals surface area contributed by atoms with Crippen LogP contribution in [0.1, 0.15) is 40.0 Å². The average molecular weight is 150 g/mol. The van der Waals surface area contributed by atoms with Crippen LogP contribution in [0, 0.1) is 17.3 Å². The van der Waals surface area contributed by atoms with Gasteiger partial charge in [-0.1, -0.05) is 18.6 Å². The molecule has 0 aromatic heterocycles. The monoisotopic (exact) mass is 150 g/mol. The molecular weight excluding hydrogens is 132 g/mol. The van der Waals surface area contributed by atoms with E-state index in [0.29, 0.717) is 0 Å². The number of allylic oxidation sites excluding steroid dienone is 2. The molecule has 0 radical (unpaired) electrons. The molecule has 0 bridgehead atoms. The SMILES string of the molecule is CC=C(C)C1CC2CC21CC. The lowest BCUT2D eigenvalue weighted by atomic mass is 9.68. The van der Waals surface area contributed by atoms with E-state index in [9.17, 15) is 0 Å². The molecule has 0 saturated heterocycles. The van der Waals surface area contributed by atoms with Gasteiger partial charge in [0.1, 0.15) is 0 Å². The Morgan fingerprint density at radius 1 is 1.64 bits per heavy atom. The second-order valence-corrected chi connectivity index (χ2v) is 4.31. The molecule has 2 aliphatic rings. The highest BCUT2D eigenvalue weighted by atomic mass is 14.7. The Hall–Kier alpha value is -0.260. The van der Waals surface area contributed by atoms with Crippen molar-refractivity contribution >= 4 is 0 Å². The van der Waals surface area contributed by atoms with Crippen molar-refractivity contribution in [1.82, 2.24) is 0 Å². The van der Waals surface area contributed by atoms with Crippen LogP contribution in [-0.4, -0.2) is 0 Å². The molecule has 0 amide bonds. The molecule has 0 heteroatoms. The van der Waals surface area contributed by atoms with Crippen LogP contribution >= 0.6 is 0 Å². The predicted octanol–water partition coefficient (Wildman–Crippen LogP) is 3.39. The van der Waals surface area contributed by atoms with Crippen LogP contribution in [0.25, 0.3) is 0 Å². The Morgan fingerprint density at radius 3 is 2.73 bits per heavy atom. The number of hydrogen-bond acceptors (Lipinski definition) is 0. The summed E-state index contributed by atoms with van der Waals surface area (Å²) in [5, 5.41) is 0. The normalized spacial score (nSPS) is 48.1. The molecule has 0 spiro atoms. The maximum Gasteiger partial charge on any atom is -0.0144 e. The van der Waals surface area contributed by atoms with E-state index in [1.54, 1.807) is 5.57 Å². The van der Waals surface area contributed by atoms with Gasteiger partial charge < -0.3 is 0 Å². The van der Waals surface area contributed by atoms with Crippen LogP contribution in [0.5, 0.6) is 0 Å². The third-order valence-electron chi connectivity index (χ3n) is 4.16. The number of rotatable bonds is 2. The molecule has 2 rings (SSSR count). The first-order chi connectivity index (χ1) is 5.24. The van der Waals surface area contributed by atoms with Gasteiger partial charge in [0.05, 0.1) is 0 Å². The smallest absolute Gasteiger partial charge is 0.0144 e. The standard InChI is InChI=1S/C11H18/c1-4-8(3)10-6-9-7-11(9,10)5-2/h4,9-10H,5-7H2,1-3H3. The van der Waals surface area contributed by atoms with Crippen LogP contribution in [0.4, 0.5) is 0 Å². The molecule has 62 valence electrons. The van der Waals surface area contributed by atoms with Crippen molar-refractivity contribution in [2.75, 3.05) is 0 Å². The summed E-state index contributed by atoms with van der Waals surface area (Å²) in [5.41, 5.74) is 2.44. The highest BCUT2D eigenvalue weighted by Gasteiger charge is 2.66. The van der Waals surface area contributed by atoms with E-state index in [4.69, 9.17) is 0 Å². The van der Waals surface area contributed by atoms with E-state index in [2.05, 4.69) is 26.8 Å². The third-order valence-corrected chi connectivity index (χ3v) is 4.16. The molecule has 0 nitrogen and oxygen atoms in total. The molecular formula is C11H18. The lowest BCUT2D eigenvalue weighted by Gasteiger charge is -2.37. The Bertz CT molecular complexity index is 198. The van der Waals surface area contributed by atoms with E-state index in [1.165, 1.54) is 19.3 Å². The van der Waals surface area contributed by atoms with Crippen molar-refractivity contribution in [2.45, 2.75) is 40.0 Å². The second-order valence-electron chi connectivity index (χ2n) is 4.31. The molecule has 3 unspecified atom stereocenters. The zero-order valence-electron chi connectivity index (χ0n) is 7.85. The largest absolute Gasteiger partial charge is 0.0884 e. The molecule has 0 aromatic carbocycles. The highest BCUT2D eigenvalue weighted by Crippen LogP contribution is 2.74. The quantitative estimate of drug-likeness (QED) is 0.529. The maximum atomic E-state index is 2.36. The molecule has 3 atom stereocenters. The zero-order chi connectivity index (χ0) is 8.06. The fourth-order valence-corrected chi connectivity index (χ4v) is 3.02. The average Bonchev–Trinajstić information content (AvgIpc) is 2.57. The van der Waals surface area contributed by atoms with Crippen molar-refractivity contribution < 1.29 is 0 Å². The minimum absolute atomic E-state index is 0.802. The highest BCUT2D eigenvalue weighted by molar-refractivity contribution is 5.25. The van der Waals surface area contributed by atoms with Gasteiger partial charge in [-0.2, -0.15) is 0 Å². The first-order valence-corrected chi connectivity index (χ1v) is 4.87. The van der Waals surface area contributed by atoms with Gasteiger partial charge in [0.15, 0.2) is 0 Å². The summed E-state index contributed by atoms with van der Waals surface area (Å²) >= 11 is 0. The maximum absolute atomic E-state index is 2.36. The summed E-state index contributed by atoms with van der Waals surface area (Å²) in [5.74, 6) is 2.08. The zero-order valence-corrected chi connectivity index (χ0v) is 7.85. The summed E-state index contributed by atoms with van der Waals surface area (Å²) in [6.07, 6.45) is 6.73. The van der Waals surface area contributed by atoms with E-state index in [-0.39, 0.29) is 0 Å². The van der Waals surface area contributed by atoms with Crippen LogP contribution in [0.3, 0.4) is 0 Å². The molecule has 2 fully saturated rings. The molecule has 2 saturated carbocycles. The topological polar surface area (TPSA) is 0 Å². The van der Waals surface area contributed by atoms with Gasteiger partial charge in [-0.3, -0.25) is 0 Å². The van der Waals surface area contributed by atoms with E-state index >= 15 is 0 Å². The fourth-order valence-electron chi connectivity index (χ4n) is 3.02. The van der Waals surface area contributed by atoms with Crippen molar-refractivity contribution in [3.63, 3.8) is 0 Å². The summed E-state index contributed by atoms with van der Waals surface area (Å²) in [7, 11) is 0. The van der Waals surface area contributed by atoms with Gasteiger partial charge in [-0.05, 0) is 50.4 Å². The van der Waals surface area contributed by atoms with Crippen molar-refractivity contribution in [3.05, 3.63) is 11.6 Å². The third kappa shape index (κ3) is 0.758. The van der Waals surface area contributed by atoms with E-state index < -0.39 is 0 Å². The van der Waals surface area contributed by atoms with Crippen molar-refractivity contribution in [1.29, 1.82) is 0 Å². The van der Waals surface area contributed by atoms with Crippen molar-refractivity contribution in [2.24, 2.45) is 17.3 Å². The van der Waals surface area contributed by atoms with Gasteiger partial charge in [-0.15, -0.1) is 0 Å². The summed E-state index contributed by atoms with van der Waals surface area (Å²) in [4.78, 5) is 0. The molecule has 0 aliphatic heterocycles. The summed E-state index contributed by atoms with van der Waals surface area (Å²) in [6, 6.07) is 0. The van der Waals surface area contributed by atoms with Crippen molar-refractivity contribution in [3.8, 4) is 0 Å². The summed E-state index contributed by atoms with van der Waals surface area (Å²) < 4.78 is 0. The van der Waals surface area contributed by atoms with Crippen LogP contribution in [0.15, 0.2) is 11.6 Å². The predicted molar refractivity (Wildman–Crippen MR) is 48.4 cm³/mol. The molecule has 2 aliphatic carbocycles. The molecule has 0 N–H and O–H groups in total. The molecule has 0 heterocycles. The lowest BCUT2D eigenvalue weighted by Crippen LogP contribution is -2.28. The minimum Gasteiger partial charge on any atom is -0.0884 e. The Kier molecular flexibility index (Phi) is 1.42. The van der Waals surface area contributed by atoms with Gasteiger partial charge in [-0.25, -0.2) is 0 Å². The Morgan fingerprint density at radius 2 is 2.36 bits per heavy atom. The fraction of sp³-hybridized carbons (Fsp3) is 0.818. The van der Waals surface area contributed by atoms with Crippen LogP contribution in [0.2, 0.25) is 0 Å². The lowest BCUT2D eigenvalue weighted by molar-refractivity contribution is 0.186. The van der Waals surface area contributed by atoms with E-state index in [0.717, 1.165) is 17.3 Å². The number of fused-ring (bicyclic) bond motifs is 1. The van der Waals surface area contributed by atoms with Crippen LogP contribution in [-0.2, 0) is 0 Å². The van der Waals surface area contributed by atoms with Gasteiger partial charge in [0.2, 0.25) is 0 Å². The van der Waals surface area contributed by atoms with Gasteiger partial charge in [0, 0.05) is 0 Å². The first-order valence-electron chi connectivity index (χ1n) is 4.87. The summed E-state index contributed by atoms with van der Waals surface area (Å²) in [6.45, 7) is 6.83. The van der Waals surface area contributed by atoms with Crippen LogP contribution < -0.4 is 0 Å². The Balaban J connectivity index is 2.09. The van der Waals surface area contributed by atoms with Gasteiger partial charge >= 0.3 is 0 Å². The Labute approximate surface area is 69.7 Å². The van der Waals surface area contributed by atoms with Gasteiger partial charge in [0.25, 0.3) is 0 Å². The molecule has 0 aromatic rings. The van der Waals surface area contributed by atoms with E-state index in [1.807, 2.05) is 0 Å².